The van der Waals surface area contributed by atoms with E-state index in [0.29, 0.717) is 0 Å². The molecule has 17 heavy (non-hydrogen) atoms. The standard InChI is InChI=1S/C10H9F2N3OS/c1-17-8-3-6(11)5(2-7(8)12)10-14-9(4-13)16-15-10/h2-3H,4,13H2,1H3. The van der Waals surface area contributed by atoms with Crippen molar-refractivity contribution in [1.29, 1.82) is 0 Å². The average Bonchev–Trinajstić information content (AvgIpc) is 2.80. The Kier molecular flexibility index (Phi) is 3.39. The second-order valence-electron chi connectivity index (χ2n) is 3.18. The van der Waals surface area contributed by atoms with Crippen LogP contribution in [0.1, 0.15) is 5.89 Å². The Morgan fingerprint density at radius 2 is 2.12 bits per heavy atom. The van der Waals surface area contributed by atoms with Crippen molar-refractivity contribution in [3.05, 3.63) is 29.7 Å². The predicted octanol–water partition coefficient (Wildman–Crippen LogP) is 2.20. The molecule has 1 aromatic carbocycles. The molecule has 0 radical (unpaired) electrons. The summed E-state index contributed by atoms with van der Waals surface area (Å²) in [4.78, 5) is 4.07. The van der Waals surface area contributed by atoms with E-state index in [9.17, 15) is 8.78 Å². The van der Waals surface area contributed by atoms with Gasteiger partial charge in [0.25, 0.3) is 0 Å². The Bertz CT molecular complexity index is 544. The molecule has 0 spiro atoms. The van der Waals surface area contributed by atoms with Crippen LogP contribution >= 0.6 is 11.8 Å². The number of halogens is 2. The molecule has 2 aromatic rings. The Hall–Kier alpha value is -1.47. The van der Waals surface area contributed by atoms with Crippen LogP contribution in [0.5, 0.6) is 0 Å². The van der Waals surface area contributed by atoms with Crippen LogP contribution in [0.4, 0.5) is 8.78 Å². The zero-order valence-corrected chi connectivity index (χ0v) is 9.72. The minimum absolute atomic E-state index is 0.00509. The van der Waals surface area contributed by atoms with E-state index in [1.54, 1.807) is 6.26 Å². The van der Waals surface area contributed by atoms with Gasteiger partial charge in [-0.2, -0.15) is 4.98 Å². The van der Waals surface area contributed by atoms with Crippen molar-refractivity contribution in [1.82, 2.24) is 10.1 Å². The number of nitrogens with two attached hydrogens (primary N) is 1. The molecule has 2 rings (SSSR count). The summed E-state index contributed by atoms with van der Waals surface area (Å²) in [5.41, 5.74) is 5.25. The van der Waals surface area contributed by atoms with Crippen molar-refractivity contribution in [2.75, 3.05) is 6.26 Å². The summed E-state index contributed by atoms with van der Waals surface area (Å²) in [5, 5.41) is 3.54. The second kappa shape index (κ2) is 4.80. The minimum Gasteiger partial charge on any atom is -0.338 e. The number of rotatable bonds is 3. The van der Waals surface area contributed by atoms with Crippen molar-refractivity contribution in [3.8, 4) is 11.4 Å². The Balaban J connectivity index is 2.48. The van der Waals surface area contributed by atoms with Gasteiger partial charge in [-0.25, -0.2) is 8.78 Å². The molecule has 0 bridgehead atoms. The smallest absolute Gasteiger partial charge is 0.240 e. The van der Waals surface area contributed by atoms with Gasteiger partial charge in [0.05, 0.1) is 12.1 Å². The van der Waals surface area contributed by atoms with Gasteiger partial charge in [0, 0.05) is 4.90 Å². The first-order chi connectivity index (χ1) is 8.15. The van der Waals surface area contributed by atoms with Crippen molar-refractivity contribution in [2.24, 2.45) is 5.73 Å². The lowest BCUT2D eigenvalue weighted by Gasteiger charge is -2.02. The number of benzene rings is 1. The summed E-state index contributed by atoms with van der Waals surface area (Å²) < 4.78 is 31.9. The maximum absolute atomic E-state index is 13.7. The molecule has 1 heterocycles. The van der Waals surface area contributed by atoms with E-state index in [-0.39, 0.29) is 28.7 Å². The molecule has 0 unspecified atom stereocenters. The first kappa shape index (κ1) is 12.0. The molecule has 4 nitrogen and oxygen atoms in total. The monoisotopic (exact) mass is 257 g/mol. The molecule has 0 amide bonds. The lowest BCUT2D eigenvalue weighted by Crippen LogP contribution is -1.96. The lowest BCUT2D eigenvalue weighted by atomic mass is 10.2. The third-order valence-electron chi connectivity index (χ3n) is 2.13. The molecule has 0 fully saturated rings. The van der Waals surface area contributed by atoms with Crippen LogP contribution < -0.4 is 5.73 Å². The van der Waals surface area contributed by atoms with Crippen molar-refractivity contribution < 1.29 is 13.3 Å². The van der Waals surface area contributed by atoms with E-state index in [0.717, 1.165) is 23.9 Å². The van der Waals surface area contributed by atoms with Gasteiger partial charge in [0.15, 0.2) is 0 Å². The molecule has 1 aromatic heterocycles. The average molecular weight is 257 g/mol. The van der Waals surface area contributed by atoms with Crippen LogP contribution in [0, 0.1) is 11.6 Å². The van der Waals surface area contributed by atoms with Crippen LogP contribution in [0.3, 0.4) is 0 Å². The third kappa shape index (κ3) is 2.29. The van der Waals surface area contributed by atoms with Gasteiger partial charge < -0.3 is 10.3 Å². The van der Waals surface area contributed by atoms with Crippen LogP contribution in [0.2, 0.25) is 0 Å². The van der Waals surface area contributed by atoms with Crippen LogP contribution in [0.25, 0.3) is 11.4 Å². The van der Waals surface area contributed by atoms with E-state index in [1.165, 1.54) is 0 Å². The van der Waals surface area contributed by atoms with Gasteiger partial charge in [-0.1, -0.05) is 5.16 Å². The summed E-state index contributed by atoms with van der Waals surface area (Å²) in [7, 11) is 0. The molecule has 2 N–H and O–H groups in total. The topological polar surface area (TPSA) is 64.9 Å². The van der Waals surface area contributed by atoms with Gasteiger partial charge in [-0.15, -0.1) is 11.8 Å². The maximum Gasteiger partial charge on any atom is 0.240 e. The quantitative estimate of drug-likeness (QED) is 0.854. The summed E-state index contributed by atoms with van der Waals surface area (Å²) in [6.45, 7) is 0.0556. The fraction of sp³-hybridized carbons (Fsp3) is 0.200. The van der Waals surface area contributed by atoms with Crippen LogP contribution in [0.15, 0.2) is 21.6 Å². The zero-order chi connectivity index (χ0) is 12.4. The van der Waals surface area contributed by atoms with E-state index in [2.05, 4.69) is 10.1 Å². The first-order valence-corrected chi connectivity index (χ1v) is 5.94. The lowest BCUT2D eigenvalue weighted by molar-refractivity contribution is 0.380. The van der Waals surface area contributed by atoms with Crippen molar-refractivity contribution in [3.63, 3.8) is 0 Å². The molecule has 0 aliphatic carbocycles. The first-order valence-electron chi connectivity index (χ1n) is 4.71. The van der Waals surface area contributed by atoms with E-state index < -0.39 is 11.6 Å². The zero-order valence-electron chi connectivity index (χ0n) is 8.91. The SMILES string of the molecule is CSc1cc(F)c(-c2noc(CN)n2)cc1F. The highest BCUT2D eigenvalue weighted by Crippen LogP contribution is 2.27. The highest BCUT2D eigenvalue weighted by Gasteiger charge is 2.15. The van der Waals surface area contributed by atoms with Gasteiger partial charge in [-0.3, -0.25) is 0 Å². The number of aromatic nitrogens is 2. The normalized spacial score (nSPS) is 10.8. The Morgan fingerprint density at radius 1 is 1.35 bits per heavy atom. The molecular formula is C10H9F2N3OS. The molecule has 0 aliphatic rings. The molecular weight excluding hydrogens is 248 g/mol. The Morgan fingerprint density at radius 3 is 2.71 bits per heavy atom. The number of hydrogen-bond acceptors (Lipinski definition) is 5. The number of nitrogens with zero attached hydrogens (tertiary/aromatic N) is 2. The number of thioether (sulfide) groups is 1. The Labute approximate surface area is 100 Å². The molecule has 0 aliphatic heterocycles. The van der Waals surface area contributed by atoms with Gasteiger partial charge >= 0.3 is 0 Å². The molecule has 0 saturated heterocycles. The molecule has 7 heteroatoms. The van der Waals surface area contributed by atoms with E-state index in [4.69, 9.17) is 10.3 Å². The largest absolute Gasteiger partial charge is 0.338 e. The van der Waals surface area contributed by atoms with Crippen molar-refractivity contribution in [2.45, 2.75) is 11.4 Å². The van der Waals surface area contributed by atoms with Gasteiger partial charge in [0.1, 0.15) is 11.6 Å². The molecule has 90 valence electrons. The minimum atomic E-state index is -0.597. The van der Waals surface area contributed by atoms with E-state index >= 15 is 0 Å². The predicted molar refractivity (Wildman–Crippen MR) is 59.3 cm³/mol. The molecule has 0 atom stereocenters. The number of hydrogen-bond donors (Lipinski definition) is 1. The van der Waals surface area contributed by atoms with Crippen LogP contribution in [-0.2, 0) is 6.54 Å². The molecule has 0 saturated carbocycles. The maximum atomic E-state index is 13.7. The van der Waals surface area contributed by atoms with Gasteiger partial charge in [-0.05, 0) is 18.4 Å². The summed E-state index contributed by atoms with van der Waals surface area (Å²) in [6, 6.07) is 2.15. The van der Waals surface area contributed by atoms with Gasteiger partial charge in [0.2, 0.25) is 11.7 Å². The summed E-state index contributed by atoms with van der Waals surface area (Å²) >= 11 is 1.12. The van der Waals surface area contributed by atoms with E-state index in [1.807, 2.05) is 0 Å². The van der Waals surface area contributed by atoms with Crippen LogP contribution in [-0.4, -0.2) is 16.4 Å². The second-order valence-corrected chi connectivity index (χ2v) is 4.03. The third-order valence-corrected chi connectivity index (χ3v) is 2.88. The fourth-order valence-corrected chi connectivity index (χ4v) is 1.78. The highest BCUT2D eigenvalue weighted by atomic mass is 32.2. The fourth-order valence-electron chi connectivity index (χ4n) is 1.30. The highest BCUT2D eigenvalue weighted by molar-refractivity contribution is 7.98. The van der Waals surface area contributed by atoms with Crippen molar-refractivity contribution >= 4 is 11.8 Å². The summed E-state index contributed by atoms with van der Waals surface area (Å²) in [6.07, 6.45) is 1.67. The summed E-state index contributed by atoms with van der Waals surface area (Å²) in [5.74, 6) is -0.948.